The number of thiocarbonyl (C=S) groups is 1. The van der Waals surface area contributed by atoms with Gasteiger partial charge in [-0.05, 0) is 69.0 Å². The van der Waals surface area contributed by atoms with Gasteiger partial charge in [-0.2, -0.15) is 0 Å². The molecule has 1 aliphatic rings. The van der Waals surface area contributed by atoms with Crippen LogP contribution >= 0.6 is 12.2 Å². The lowest BCUT2D eigenvalue weighted by atomic mass is 10.0. The predicted molar refractivity (Wildman–Crippen MR) is 92.7 cm³/mol. The number of aryl methyl sites for hydroxylation is 1. The van der Waals surface area contributed by atoms with Gasteiger partial charge in [0.1, 0.15) is 5.82 Å². The van der Waals surface area contributed by atoms with E-state index in [1.807, 2.05) is 25.3 Å². The molecule has 0 unspecified atom stereocenters. The number of aromatic nitrogens is 1. The molecule has 0 aromatic carbocycles. The summed E-state index contributed by atoms with van der Waals surface area (Å²) in [6.07, 6.45) is 5.68. The van der Waals surface area contributed by atoms with Crippen LogP contribution in [0.5, 0.6) is 0 Å². The average molecular weight is 306 g/mol. The Balaban J connectivity index is 1.59. The fourth-order valence-electron chi connectivity index (χ4n) is 2.70. The highest BCUT2D eigenvalue weighted by atomic mass is 32.1. The summed E-state index contributed by atoms with van der Waals surface area (Å²) in [5, 5.41) is 7.01. The number of anilines is 1. The molecule has 116 valence electrons. The molecule has 1 saturated heterocycles. The number of piperidine rings is 1. The minimum absolute atomic E-state index is 0.651. The Morgan fingerprint density at radius 3 is 3.05 bits per heavy atom. The van der Waals surface area contributed by atoms with E-state index in [9.17, 15) is 0 Å². The van der Waals surface area contributed by atoms with Gasteiger partial charge in [0.05, 0.1) is 0 Å². The number of hydrogen-bond donors (Lipinski definition) is 2. The van der Waals surface area contributed by atoms with Gasteiger partial charge in [0.2, 0.25) is 0 Å². The molecule has 1 atom stereocenters. The van der Waals surface area contributed by atoms with E-state index in [0.717, 1.165) is 36.8 Å². The second-order valence-electron chi connectivity index (χ2n) is 6.00. The molecular weight excluding hydrogens is 280 g/mol. The maximum Gasteiger partial charge on any atom is 0.171 e. The molecular formula is C16H26N4S. The van der Waals surface area contributed by atoms with Crippen LogP contribution in [0.15, 0.2) is 18.3 Å². The zero-order valence-electron chi connectivity index (χ0n) is 13.1. The third-order valence-corrected chi connectivity index (χ3v) is 4.08. The molecule has 5 heteroatoms. The third kappa shape index (κ3) is 5.98. The molecule has 2 rings (SSSR count). The maximum absolute atomic E-state index is 5.28. The van der Waals surface area contributed by atoms with Gasteiger partial charge in [-0.25, -0.2) is 4.98 Å². The van der Waals surface area contributed by atoms with Gasteiger partial charge in [-0.3, -0.25) is 0 Å². The quantitative estimate of drug-likeness (QED) is 0.646. The highest BCUT2D eigenvalue weighted by molar-refractivity contribution is 7.80. The summed E-state index contributed by atoms with van der Waals surface area (Å²) in [6.45, 7) is 8.93. The van der Waals surface area contributed by atoms with Crippen LogP contribution in [-0.4, -0.2) is 41.2 Å². The summed E-state index contributed by atoms with van der Waals surface area (Å²) < 4.78 is 0. The van der Waals surface area contributed by atoms with Crippen LogP contribution in [0.1, 0.15) is 31.7 Å². The van der Waals surface area contributed by atoms with Crippen LogP contribution in [0.3, 0.4) is 0 Å². The Labute approximate surface area is 133 Å². The standard InChI is InChI=1S/C16H26N4S/c1-13-6-7-15(18-11-13)19-16(21)17-8-4-10-20-9-3-5-14(2)12-20/h6-7,11,14H,3-5,8-10,12H2,1-2H3,(H2,17,18,19,21)/t14-/m1/s1. The van der Waals surface area contributed by atoms with E-state index in [4.69, 9.17) is 12.2 Å². The highest BCUT2D eigenvalue weighted by Gasteiger charge is 2.15. The van der Waals surface area contributed by atoms with Crippen molar-refractivity contribution in [1.29, 1.82) is 0 Å². The first kappa shape index (κ1) is 16.2. The van der Waals surface area contributed by atoms with Crippen LogP contribution in [-0.2, 0) is 0 Å². The average Bonchev–Trinajstić information content (AvgIpc) is 2.46. The van der Waals surface area contributed by atoms with Crippen molar-refractivity contribution in [3.8, 4) is 0 Å². The first-order valence-corrected chi connectivity index (χ1v) is 8.24. The van der Waals surface area contributed by atoms with Gasteiger partial charge in [0, 0.05) is 19.3 Å². The monoisotopic (exact) mass is 306 g/mol. The van der Waals surface area contributed by atoms with Crippen LogP contribution < -0.4 is 10.6 Å². The van der Waals surface area contributed by atoms with Crippen LogP contribution in [0.4, 0.5) is 5.82 Å². The molecule has 4 nitrogen and oxygen atoms in total. The van der Waals surface area contributed by atoms with E-state index >= 15 is 0 Å². The van der Waals surface area contributed by atoms with E-state index in [0.29, 0.717) is 5.11 Å². The first-order valence-electron chi connectivity index (χ1n) is 7.83. The minimum atomic E-state index is 0.651. The molecule has 21 heavy (non-hydrogen) atoms. The van der Waals surface area contributed by atoms with Crippen molar-refractivity contribution in [3.63, 3.8) is 0 Å². The van der Waals surface area contributed by atoms with Crippen molar-refractivity contribution in [2.75, 3.05) is 31.5 Å². The number of pyridine rings is 1. The number of likely N-dealkylation sites (tertiary alicyclic amines) is 1. The van der Waals surface area contributed by atoms with E-state index < -0.39 is 0 Å². The number of nitrogens with one attached hydrogen (secondary N) is 2. The molecule has 0 radical (unpaired) electrons. The molecule has 0 saturated carbocycles. The molecule has 0 spiro atoms. The molecule has 2 N–H and O–H groups in total. The van der Waals surface area contributed by atoms with Gasteiger partial charge < -0.3 is 15.5 Å². The van der Waals surface area contributed by atoms with Crippen molar-refractivity contribution in [2.24, 2.45) is 5.92 Å². The fraction of sp³-hybridized carbons (Fsp3) is 0.625. The molecule has 1 aromatic rings. The molecule has 0 aliphatic carbocycles. The molecule has 1 fully saturated rings. The predicted octanol–water partition coefficient (Wildman–Crippen LogP) is 2.80. The lowest BCUT2D eigenvalue weighted by molar-refractivity contribution is 0.182. The van der Waals surface area contributed by atoms with E-state index in [1.54, 1.807) is 0 Å². The van der Waals surface area contributed by atoms with E-state index in [-0.39, 0.29) is 0 Å². The van der Waals surface area contributed by atoms with Crippen molar-refractivity contribution in [2.45, 2.75) is 33.1 Å². The van der Waals surface area contributed by atoms with Gasteiger partial charge in [0.15, 0.2) is 5.11 Å². The topological polar surface area (TPSA) is 40.2 Å². The van der Waals surface area contributed by atoms with Crippen molar-refractivity contribution >= 4 is 23.1 Å². The zero-order valence-corrected chi connectivity index (χ0v) is 13.9. The zero-order chi connectivity index (χ0) is 15.1. The first-order chi connectivity index (χ1) is 10.1. The number of rotatable bonds is 5. The Kier molecular flexibility index (Phi) is 6.39. The summed E-state index contributed by atoms with van der Waals surface area (Å²) in [6, 6.07) is 3.97. The summed E-state index contributed by atoms with van der Waals surface area (Å²) in [5.74, 6) is 1.64. The SMILES string of the molecule is Cc1ccc(NC(=S)NCCCN2CCC[C@@H](C)C2)nc1. The van der Waals surface area contributed by atoms with E-state index in [2.05, 4.69) is 27.4 Å². The molecule has 0 bridgehead atoms. The fourth-order valence-corrected chi connectivity index (χ4v) is 2.90. The lowest BCUT2D eigenvalue weighted by Gasteiger charge is -2.30. The summed E-state index contributed by atoms with van der Waals surface area (Å²) in [7, 11) is 0. The lowest BCUT2D eigenvalue weighted by Crippen LogP contribution is -2.37. The van der Waals surface area contributed by atoms with Crippen molar-refractivity contribution in [1.82, 2.24) is 15.2 Å². The second kappa shape index (κ2) is 8.29. The normalized spacial score (nSPS) is 19.2. The second-order valence-corrected chi connectivity index (χ2v) is 6.41. The molecule has 0 amide bonds. The Hall–Kier alpha value is -1.20. The van der Waals surface area contributed by atoms with Gasteiger partial charge in [0.25, 0.3) is 0 Å². The molecule has 1 aliphatic heterocycles. The van der Waals surface area contributed by atoms with Gasteiger partial charge in [-0.15, -0.1) is 0 Å². The Morgan fingerprint density at radius 2 is 2.33 bits per heavy atom. The van der Waals surface area contributed by atoms with E-state index in [1.165, 1.54) is 25.9 Å². The van der Waals surface area contributed by atoms with Crippen LogP contribution in [0.2, 0.25) is 0 Å². The van der Waals surface area contributed by atoms with Crippen molar-refractivity contribution < 1.29 is 0 Å². The van der Waals surface area contributed by atoms with Crippen LogP contribution in [0, 0.1) is 12.8 Å². The van der Waals surface area contributed by atoms with Crippen LogP contribution in [0.25, 0.3) is 0 Å². The summed E-state index contributed by atoms with van der Waals surface area (Å²) >= 11 is 5.28. The number of hydrogen-bond acceptors (Lipinski definition) is 3. The highest BCUT2D eigenvalue weighted by Crippen LogP contribution is 2.15. The molecule has 1 aromatic heterocycles. The minimum Gasteiger partial charge on any atom is -0.362 e. The number of nitrogens with zero attached hydrogens (tertiary/aromatic N) is 2. The molecule has 2 heterocycles. The summed E-state index contributed by atoms with van der Waals surface area (Å²) in [4.78, 5) is 6.84. The third-order valence-electron chi connectivity index (χ3n) is 3.83. The Morgan fingerprint density at radius 1 is 1.48 bits per heavy atom. The summed E-state index contributed by atoms with van der Waals surface area (Å²) in [5.41, 5.74) is 1.15. The van der Waals surface area contributed by atoms with Crippen molar-refractivity contribution in [3.05, 3.63) is 23.9 Å². The maximum atomic E-state index is 5.28. The smallest absolute Gasteiger partial charge is 0.171 e. The van der Waals surface area contributed by atoms with Gasteiger partial charge >= 0.3 is 0 Å². The van der Waals surface area contributed by atoms with Gasteiger partial charge in [-0.1, -0.05) is 13.0 Å². The largest absolute Gasteiger partial charge is 0.362 e. The Bertz CT molecular complexity index is 446.